The van der Waals surface area contributed by atoms with Gasteiger partial charge in [0.2, 0.25) is 0 Å². The SMILES string of the molecule is CC(=O)O.Clc1cccc(-c2ccccc2)c1Cl.Cn1c(=O)c2[nH]cnc2n(C)c1=O. The molecular weight excluding hydrogens is 443 g/mol. The van der Waals surface area contributed by atoms with Crippen molar-refractivity contribution in [3.63, 3.8) is 0 Å². The minimum absolute atomic E-state index is 0.351. The number of fused-ring (bicyclic) bond motifs is 1. The third kappa shape index (κ3) is 5.84. The van der Waals surface area contributed by atoms with E-state index in [-0.39, 0.29) is 11.2 Å². The Morgan fingerprint density at radius 3 is 2.23 bits per heavy atom. The van der Waals surface area contributed by atoms with Gasteiger partial charge in [-0.15, -0.1) is 0 Å². The Morgan fingerprint density at radius 1 is 1.00 bits per heavy atom. The number of halogens is 2. The number of imidazole rings is 1. The molecule has 0 unspecified atom stereocenters. The molecule has 10 heteroatoms. The molecule has 2 heterocycles. The van der Waals surface area contributed by atoms with E-state index < -0.39 is 5.97 Å². The van der Waals surface area contributed by atoms with Crippen LogP contribution in [0.1, 0.15) is 6.92 Å². The molecule has 31 heavy (non-hydrogen) atoms. The largest absolute Gasteiger partial charge is 0.481 e. The number of carboxylic acids is 1. The number of nitrogens with zero attached hydrogens (tertiary/aromatic N) is 3. The molecule has 0 aliphatic carbocycles. The van der Waals surface area contributed by atoms with Gasteiger partial charge in [-0.05, 0) is 11.6 Å². The lowest BCUT2D eigenvalue weighted by molar-refractivity contribution is -0.134. The highest BCUT2D eigenvalue weighted by atomic mass is 35.5. The summed E-state index contributed by atoms with van der Waals surface area (Å²) in [5.41, 5.74) is 2.07. The maximum absolute atomic E-state index is 11.4. The Morgan fingerprint density at radius 2 is 1.61 bits per heavy atom. The number of rotatable bonds is 1. The van der Waals surface area contributed by atoms with Crippen molar-refractivity contribution in [2.45, 2.75) is 6.92 Å². The van der Waals surface area contributed by atoms with Gasteiger partial charge in [0.05, 0.1) is 16.4 Å². The average Bonchev–Trinajstić information content (AvgIpc) is 3.24. The number of nitrogens with one attached hydrogen (secondary N) is 1. The second kappa shape index (κ2) is 10.6. The summed E-state index contributed by atoms with van der Waals surface area (Å²) in [5, 5.41) is 8.62. The highest BCUT2D eigenvalue weighted by molar-refractivity contribution is 6.43. The Balaban J connectivity index is 0.000000189. The van der Waals surface area contributed by atoms with Crippen LogP contribution in [-0.2, 0) is 18.9 Å². The van der Waals surface area contributed by atoms with Crippen molar-refractivity contribution in [1.82, 2.24) is 19.1 Å². The molecule has 8 nitrogen and oxygen atoms in total. The summed E-state index contributed by atoms with van der Waals surface area (Å²) < 4.78 is 2.37. The standard InChI is InChI=1S/C12H8Cl2.C7H8N4O2.C2H4O2/c13-11-8-4-7-10(12(11)14)9-5-2-1-3-6-9;1-10-5-4(8-3-9-5)6(12)11(2)7(10)13;1-2(3)4/h1-8H;3H,1-2H3,(H,8,9);1H3,(H,3,4). The average molecular weight is 463 g/mol. The molecule has 0 radical (unpaired) electrons. The van der Waals surface area contributed by atoms with Gasteiger partial charge in [-0.1, -0.05) is 65.7 Å². The lowest BCUT2D eigenvalue weighted by Crippen LogP contribution is -2.36. The Kier molecular flexibility index (Phi) is 8.18. The van der Waals surface area contributed by atoms with Gasteiger partial charge in [0, 0.05) is 26.6 Å². The van der Waals surface area contributed by atoms with Gasteiger partial charge in [0.1, 0.15) is 5.52 Å². The van der Waals surface area contributed by atoms with Gasteiger partial charge in [0.25, 0.3) is 11.5 Å². The third-order valence-electron chi connectivity index (χ3n) is 4.07. The minimum Gasteiger partial charge on any atom is -0.481 e. The van der Waals surface area contributed by atoms with Crippen LogP contribution in [0.25, 0.3) is 22.3 Å². The van der Waals surface area contributed by atoms with E-state index in [1.165, 1.54) is 17.9 Å². The number of aromatic nitrogens is 4. The Labute approximate surface area is 187 Å². The first-order valence-electron chi connectivity index (χ1n) is 8.93. The molecule has 4 rings (SSSR count). The van der Waals surface area contributed by atoms with Crippen LogP contribution in [0.4, 0.5) is 0 Å². The smallest absolute Gasteiger partial charge is 0.332 e. The highest BCUT2D eigenvalue weighted by Crippen LogP contribution is 2.32. The van der Waals surface area contributed by atoms with E-state index in [1.807, 2.05) is 42.5 Å². The van der Waals surface area contributed by atoms with Crippen LogP contribution in [0.15, 0.2) is 64.4 Å². The van der Waals surface area contributed by atoms with Gasteiger partial charge in [0.15, 0.2) is 5.65 Å². The van der Waals surface area contributed by atoms with Crippen LogP contribution >= 0.6 is 23.2 Å². The Bertz CT molecular complexity index is 1310. The van der Waals surface area contributed by atoms with Crippen LogP contribution in [0, 0.1) is 0 Å². The first kappa shape index (κ1) is 23.9. The number of hydrogen-bond acceptors (Lipinski definition) is 4. The summed E-state index contributed by atoms with van der Waals surface area (Å²) in [6.45, 7) is 1.08. The molecular formula is C21H20Cl2N4O4. The van der Waals surface area contributed by atoms with Gasteiger partial charge >= 0.3 is 5.69 Å². The lowest BCUT2D eigenvalue weighted by Gasteiger charge is -2.04. The quantitative estimate of drug-likeness (QED) is 0.447. The molecule has 0 bridgehead atoms. The topological polar surface area (TPSA) is 110 Å². The van der Waals surface area contributed by atoms with Crippen LogP contribution in [-0.4, -0.2) is 30.2 Å². The van der Waals surface area contributed by atoms with E-state index in [0.717, 1.165) is 22.6 Å². The summed E-state index contributed by atoms with van der Waals surface area (Å²) in [7, 11) is 3.01. The van der Waals surface area contributed by atoms with Gasteiger partial charge < -0.3 is 10.1 Å². The van der Waals surface area contributed by atoms with Crippen molar-refractivity contribution < 1.29 is 9.90 Å². The zero-order chi connectivity index (χ0) is 23.1. The summed E-state index contributed by atoms with van der Waals surface area (Å²) in [5.74, 6) is -0.833. The van der Waals surface area contributed by atoms with Gasteiger partial charge in [-0.3, -0.25) is 18.7 Å². The number of aryl methyl sites for hydroxylation is 1. The van der Waals surface area contributed by atoms with Crippen molar-refractivity contribution in [3.05, 3.63) is 85.7 Å². The van der Waals surface area contributed by atoms with Crippen LogP contribution in [0.2, 0.25) is 10.0 Å². The van der Waals surface area contributed by atoms with E-state index in [0.29, 0.717) is 21.2 Å². The van der Waals surface area contributed by atoms with E-state index in [9.17, 15) is 9.59 Å². The molecule has 2 aromatic carbocycles. The molecule has 0 atom stereocenters. The van der Waals surface area contributed by atoms with Crippen molar-refractivity contribution in [1.29, 1.82) is 0 Å². The number of carboxylic acid groups (broad SMARTS) is 1. The summed E-state index contributed by atoms with van der Waals surface area (Å²) in [6, 6.07) is 15.6. The first-order chi connectivity index (χ1) is 14.6. The molecule has 0 aliphatic rings. The van der Waals surface area contributed by atoms with Crippen molar-refractivity contribution in [2.75, 3.05) is 0 Å². The maximum atomic E-state index is 11.4. The molecule has 0 aliphatic heterocycles. The number of aliphatic carboxylic acids is 1. The van der Waals surface area contributed by atoms with E-state index in [4.69, 9.17) is 33.1 Å². The molecule has 4 aromatic rings. The maximum Gasteiger partial charge on any atom is 0.332 e. The zero-order valence-corrected chi connectivity index (χ0v) is 18.5. The fraction of sp³-hybridized carbons (Fsp3) is 0.143. The number of hydrogen-bond donors (Lipinski definition) is 2. The van der Waals surface area contributed by atoms with Crippen molar-refractivity contribution in [2.24, 2.45) is 14.1 Å². The van der Waals surface area contributed by atoms with Crippen LogP contribution in [0.5, 0.6) is 0 Å². The summed E-state index contributed by atoms with van der Waals surface area (Å²) >= 11 is 12.0. The lowest BCUT2D eigenvalue weighted by atomic mass is 10.1. The highest BCUT2D eigenvalue weighted by Gasteiger charge is 2.09. The molecule has 0 spiro atoms. The molecule has 162 valence electrons. The predicted molar refractivity (Wildman–Crippen MR) is 122 cm³/mol. The number of aromatic amines is 1. The van der Waals surface area contributed by atoms with Crippen LogP contribution < -0.4 is 11.2 Å². The van der Waals surface area contributed by atoms with Gasteiger partial charge in [-0.2, -0.15) is 0 Å². The molecule has 0 saturated heterocycles. The first-order valence-corrected chi connectivity index (χ1v) is 9.68. The summed E-state index contributed by atoms with van der Waals surface area (Å²) in [4.78, 5) is 38.4. The van der Waals surface area contributed by atoms with E-state index in [1.54, 1.807) is 13.1 Å². The number of benzene rings is 2. The van der Waals surface area contributed by atoms with Gasteiger partial charge in [-0.25, -0.2) is 9.78 Å². The summed E-state index contributed by atoms with van der Waals surface area (Å²) in [6.07, 6.45) is 1.39. The molecule has 2 aromatic heterocycles. The molecule has 0 saturated carbocycles. The minimum atomic E-state index is -0.833. The normalized spacial score (nSPS) is 9.97. The van der Waals surface area contributed by atoms with E-state index >= 15 is 0 Å². The number of carbonyl (C=O) groups is 1. The number of H-pyrrole nitrogens is 1. The van der Waals surface area contributed by atoms with E-state index in [2.05, 4.69) is 9.97 Å². The zero-order valence-electron chi connectivity index (χ0n) is 17.0. The fourth-order valence-corrected chi connectivity index (χ4v) is 3.02. The fourth-order valence-electron chi connectivity index (χ4n) is 2.61. The Hall–Kier alpha value is -3.36. The third-order valence-corrected chi connectivity index (χ3v) is 4.88. The second-order valence-electron chi connectivity index (χ2n) is 6.29. The van der Waals surface area contributed by atoms with Crippen molar-refractivity contribution in [3.8, 4) is 11.1 Å². The predicted octanol–water partition coefficient (Wildman–Crippen LogP) is 3.71. The monoisotopic (exact) mass is 462 g/mol. The van der Waals surface area contributed by atoms with Crippen LogP contribution in [0.3, 0.4) is 0 Å². The second-order valence-corrected chi connectivity index (χ2v) is 7.08. The molecule has 2 N–H and O–H groups in total. The molecule has 0 amide bonds. The van der Waals surface area contributed by atoms with Crippen molar-refractivity contribution >= 4 is 40.3 Å². The molecule has 0 fully saturated rings.